The van der Waals surface area contributed by atoms with Crippen molar-refractivity contribution in [2.45, 2.75) is 31.6 Å². The number of halogens is 1. The van der Waals surface area contributed by atoms with Crippen LogP contribution in [0.1, 0.15) is 31.4 Å². The zero-order chi connectivity index (χ0) is 13.3. The molecule has 0 N–H and O–H groups in total. The average molecular weight is 265 g/mol. The SMILES string of the molecule is C[C@@H](c1ccc(F)cc1)N1CCC2(CC1)OCCO2. The lowest BCUT2D eigenvalue weighted by molar-refractivity contribution is -0.187. The van der Waals surface area contributed by atoms with Gasteiger partial charge >= 0.3 is 0 Å². The van der Waals surface area contributed by atoms with E-state index in [4.69, 9.17) is 9.47 Å². The molecule has 0 radical (unpaired) electrons. The molecule has 0 amide bonds. The topological polar surface area (TPSA) is 21.7 Å². The standard InChI is InChI=1S/C15H20FNO2/c1-12(13-2-4-14(16)5-3-13)17-8-6-15(7-9-17)18-10-11-19-15/h2-5,12H,6-11H2,1H3/t12-/m0/s1. The molecule has 2 aliphatic heterocycles. The zero-order valence-corrected chi connectivity index (χ0v) is 11.3. The molecule has 0 aromatic heterocycles. The van der Waals surface area contributed by atoms with E-state index in [0.29, 0.717) is 19.3 Å². The van der Waals surface area contributed by atoms with Crippen molar-refractivity contribution in [3.63, 3.8) is 0 Å². The lowest BCUT2D eigenvalue weighted by atomic mass is 9.99. The van der Waals surface area contributed by atoms with Gasteiger partial charge in [-0.2, -0.15) is 0 Å². The number of nitrogens with zero attached hydrogens (tertiary/aromatic N) is 1. The molecule has 0 unspecified atom stereocenters. The van der Waals surface area contributed by atoms with E-state index in [2.05, 4.69) is 11.8 Å². The highest BCUT2D eigenvalue weighted by Crippen LogP contribution is 2.34. The van der Waals surface area contributed by atoms with Crippen molar-refractivity contribution in [1.82, 2.24) is 4.90 Å². The molecule has 0 aliphatic carbocycles. The van der Waals surface area contributed by atoms with Crippen LogP contribution in [-0.4, -0.2) is 37.0 Å². The summed E-state index contributed by atoms with van der Waals surface area (Å²) >= 11 is 0. The summed E-state index contributed by atoms with van der Waals surface area (Å²) in [5.74, 6) is -0.500. The van der Waals surface area contributed by atoms with Gasteiger partial charge < -0.3 is 9.47 Å². The Morgan fingerprint density at radius 3 is 2.26 bits per heavy atom. The molecule has 2 heterocycles. The van der Waals surface area contributed by atoms with Crippen LogP contribution < -0.4 is 0 Å². The summed E-state index contributed by atoms with van der Waals surface area (Å²) in [7, 11) is 0. The number of hydrogen-bond donors (Lipinski definition) is 0. The highest BCUT2D eigenvalue weighted by molar-refractivity contribution is 5.19. The summed E-state index contributed by atoms with van der Waals surface area (Å²) in [6, 6.07) is 7.10. The summed E-state index contributed by atoms with van der Waals surface area (Å²) in [5.41, 5.74) is 1.16. The van der Waals surface area contributed by atoms with Crippen molar-refractivity contribution < 1.29 is 13.9 Å². The molecule has 4 heteroatoms. The van der Waals surface area contributed by atoms with Crippen LogP contribution in [0.3, 0.4) is 0 Å². The Balaban J connectivity index is 1.63. The van der Waals surface area contributed by atoms with Gasteiger partial charge in [-0.3, -0.25) is 4.90 Å². The second-order valence-electron chi connectivity index (χ2n) is 5.37. The molecule has 19 heavy (non-hydrogen) atoms. The molecule has 2 fully saturated rings. The van der Waals surface area contributed by atoms with E-state index >= 15 is 0 Å². The summed E-state index contributed by atoms with van der Waals surface area (Å²) < 4.78 is 24.4. The van der Waals surface area contributed by atoms with Crippen molar-refractivity contribution in [3.05, 3.63) is 35.6 Å². The predicted molar refractivity (Wildman–Crippen MR) is 70.3 cm³/mol. The third-order valence-electron chi connectivity index (χ3n) is 4.27. The van der Waals surface area contributed by atoms with Crippen LogP contribution in [0.5, 0.6) is 0 Å². The van der Waals surface area contributed by atoms with E-state index in [1.165, 1.54) is 12.1 Å². The van der Waals surface area contributed by atoms with Crippen molar-refractivity contribution in [2.75, 3.05) is 26.3 Å². The smallest absolute Gasteiger partial charge is 0.170 e. The Hall–Kier alpha value is -0.970. The normalized spacial score (nSPS) is 24.7. The molecular weight excluding hydrogens is 245 g/mol. The fourth-order valence-electron chi connectivity index (χ4n) is 2.99. The first-order valence-electron chi connectivity index (χ1n) is 6.96. The Morgan fingerprint density at radius 2 is 1.68 bits per heavy atom. The maximum Gasteiger partial charge on any atom is 0.170 e. The van der Waals surface area contributed by atoms with E-state index in [1.54, 1.807) is 0 Å². The van der Waals surface area contributed by atoms with Crippen LogP contribution in [0.15, 0.2) is 24.3 Å². The molecule has 1 aromatic rings. The molecule has 3 nitrogen and oxygen atoms in total. The van der Waals surface area contributed by atoms with E-state index in [1.807, 2.05) is 12.1 Å². The number of ether oxygens (including phenoxy) is 2. The highest BCUT2D eigenvalue weighted by Gasteiger charge is 2.40. The van der Waals surface area contributed by atoms with Crippen molar-refractivity contribution in [2.24, 2.45) is 0 Å². The number of benzene rings is 1. The van der Waals surface area contributed by atoms with Crippen molar-refractivity contribution in [1.29, 1.82) is 0 Å². The van der Waals surface area contributed by atoms with Gasteiger partial charge in [0, 0.05) is 32.0 Å². The second kappa shape index (κ2) is 5.19. The Morgan fingerprint density at radius 1 is 1.11 bits per heavy atom. The van der Waals surface area contributed by atoms with Crippen LogP contribution >= 0.6 is 0 Å². The lowest BCUT2D eigenvalue weighted by Gasteiger charge is -2.40. The first-order chi connectivity index (χ1) is 9.19. The van der Waals surface area contributed by atoms with Crippen molar-refractivity contribution >= 4 is 0 Å². The van der Waals surface area contributed by atoms with Gasteiger partial charge in [0.2, 0.25) is 0 Å². The summed E-state index contributed by atoms with van der Waals surface area (Å²) in [6.07, 6.45) is 1.83. The minimum Gasteiger partial charge on any atom is -0.347 e. The minimum absolute atomic E-state index is 0.179. The summed E-state index contributed by atoms with van der Waals surface area (Å²) in [4.78, 5) is 2.41. The largest absolute Gasteiger partial charge is 0.347 e. The van der Waals surface area contributed by atoms with Gasteiger partial charge in [0.15, 0.2) is 5.79 Å². The fourth-order valence-corrected chi connectivity index (χ4v) is 2.99. The number of hydrogen-bond acceptors (Lipinski definition) is 3. The monoisotopic (exact) mass is 265 g/mol. The summed E-state index contributed by atoms with van der Waals surface area (Å²) in [5, 5.41) is 0. The number of rotatable bonds is 2. The minimum atomic E-state index is -0.320. The average Bonchev–Trinajstić information content (AvgIpc) is 2.88. The third kappa shape index (κ3) is 2.66. The molecule has 1 aromatic carbocycles. The maximum absolute atomic E-state index is 12.9. The van der Waals surface area contributed by atoms with Gasteiger partial charge in [0.1, 0.15) is 5.82 Å². The van der Waals surface area contributed by atoms with Gasteiger partial charge in [-0.1, -0.05) is 12.1 Å². The number of piperidine rings is 1. The molecule has 2 saturated heterocycles. The Labute approximate surface area is 113 Å². The first-order valence-corrected chi connectivity index (χ1v) is 6.96. The first kappa shape index (κ1) is 13.0. The van der Waals surface area contributed by atoms with Crippen LogP contribution in [-0.2, 0) is 9.47 Å². The van der Waals surface area contributed by atoms with Gasteiger partial charge in [0.25, 0.3) is 0 Å². The van der Waals surface area contributed by atoms with Gasteiger partial charge in [-0.05, 0) is 24.6 Å². The molecule has 0 bridgehead atoms. The highest BCUT2D eigenvalue weighted by atomic mass is 19.1. The molecule has 0 saturated carbocycles. The molecule has 104 valence electrons. The molecular formula is C15H20FNO2. The fraction of sp³-hybridized carbons (Fsp3) is 0.600. The quantitative estimate of drug-likeness (QED) is 0.820. The van der Waals surface area contributed by atoms with E-state index in [0.717, 1.165) is 31.5 Å². The molecule has 1 atom stereocenters. The Bertz CT molecular complexity index is 418. The zero-order valence-electron chi connectivity index (χ0n) is 11.3. The van der Waals surface area contributed by atoms with E-state index in [-0.39, 0.29) is 11.6 Å². The Kier molecular flexibility index (Phi) is 3.56. The van der Waals surface area contributed by atoms with E-state index in [9.17, 15) is 4.39 Å². The van der Waals surface area contributed by atoms with Crippen LogP contribution in [0, 0.1) is 5.82 Å². The van der Waals surface area contributed by atoms with Crippen LogP contribution in [0.2, 0.25) is 0 Å². The van der Waals surface area contributed by atoms with Crippen molar-refractivity contribution in [3.8, 4) is 0 Å². The predicted octanol–water partition coefficient (Wildman–Crippen LogP) is 2.73. The lowest BCUT2D eigenvalue weighted by Crippen LogP contribution is -2.45. The number of likely N-dealkylation sites (tertiary alicyclic amines) is 1. The van der Waals surface area contributed by atoms with Gasteiger partial charge in [0.05, 0.1) is 13.2 Å². The third-order valence-corrected chi connectivity index (χ3v) is 4.27. The summed E-state index contributed by atoms with van der Waals surface area (Å²) in [6.45, 7) is 5.51. The van der Waals surface area contributed by atoms with Gasteiger partial charge in [-0.15, -0.1) is 0 Å². The van der Waals surface area contributed by atoms with Crippen LogP contribution in [0.25, 0.3) is 0 Å². The molecule has 2 aliphatic rings. The van der Waals surface area contributed by atoms with Crippen LogP contribution in [0.4, 0.5) is 4.39 Å². The molecule has 1 spiro atoms. The molecule has 3 rings (SSSR count). The van der Waals surface area contributed by atoms with E-state index < -0.39 is 0 Å². The van der Waals surface area contributed by atoms with Gasteiger partial charge in [-0.25, -0.2) is 4.39 Å². The second-order valence-corrected chi connectivity index (χ2v) is 5.37. The maximum atomic E-state index is 12.9.